The van der Waals surface area contributed by atoms with Gasteiger partial charge in [-0.05, 0) is 49.6 Å². The second-order valence-electron chi connectivity index (χ2n) is 7.40. The Hall–Kier alpha value is -3.68. The number of piperidine rings is 1. The molecule has 7 nitrogen and oxygen atoms in total. The lowest BCUT2D eigenvalue weighted by molar-refractivity contribution is 0.0601. The molecule has 160 valence electrons. The molecule has 2 N–H and O–H groups in total. The summed E-state index contributed by atoms with van der Waals surface area (Å²) in [7, 11) is 1.28. The van der Waals surface area contributed by atoms with Crippen molar-refractivity contribution in [1.29, 1.82) is 0 Å². The lowest BCUT2D eigenvalue weighted by atomic mass is 10.00. The molecule has 31 heavy (non-hydrogen) atoms. The molecule has 0 radical (unpaired) electrons. The average Bonchev–Trinajstić information content (AvgIpc) is 3.29. The lowest BCUT2D eigenvalue weighted by Gasteiger charge is -2.34. The normalized spacial score (nSPS) is 16.1. The highest BCUT2D eigenvalue weighted by Gasteiger charge is 2.31. The molecule has 2 heterocycles. The van der Waals surface area contributed by atoms with Crippen molar-refractivity contribution in [3.63, 3.8) is 0 Å². The van der Waals surface area contributed by atoms with Crippen LogP contribution in [0.3, 0.4) is 0 Å². The number of hydrogen-bond acceptors (Lipinski definition) is 4. The first-order chi connectivity index (χ1) is 15.0. The van der Waals surface area contributed by atoms with E-state index >= 15 is 0 Å². The van der Waals surface area contributed by atoms with Gasteiger partial charge < -0.3 is 14.6 Å². The van der Waals surface area contributed by atoms with Crippen LogP contribution in [0.25, 0.3) is 11.3 Å². The third kappa shape index (κ3) is 4.58. The highest BCUT2D eigenvalue weighted by atomic mass is 19.1. The van der Waals surface area contributed by atoms with Crippen LogP contribution in [-0.2, 0) is 4.74 Å². The second-order valence-corrected chi connectivity index (χ2v) is 7.40. The number of ether oxygens (including phenoxy) is 1. The van der Waals surface area contributed by atoms with Gasteiger partial charge in [-0.25, -0.2) is 14.2 Å². The fourth-order valence-electron chi connectivity index (χ4n) is 3.83. The van der Waals surface area contributed by atoms with Crippen molar-refractivity contribution >= 4 is 17.7 Å². The molecule has 4 rings (SSSR count). The fourth-order valence-corrected chi connectivity index (χ4v) is 3.83. The average molecular weight is 422 g/mol. The second kappa shape index (κ2) is 8.99. The molecule has 0 spiro atoms. The topological polar surface area (TPSA) is 87.3 Å². The number of aromatic nitrogens is 2. The van der Waals surface area contributed by atoms with Gasteiger partial charge in [0.2, 0.25) is 0 Å². The zero-order chi connectivity index (χ0) is 21.8. The van der Waals surface area contributed by atoms with Gasteiger partial charge in [0.1, 0.15) is 11.6 Å². The maximum absolute atomic E-state index is 13.6. The minimum absolute atomic E-state index is 0.137. The van der Waals surface area contributed by atoms with Crippen LogP contribution in [-0.4, -0.2) is 40.5 Å². The van der Waals surface area contributed by atoms with Crippen molar-refractivity contribution in [3.05, 3.63) is 71.9 Å². The maximum atomic E-state index is 13.6. The molecule has 8 heteroatoms. The van der Waals surface area contributed by atoms with Gasteiger partial charge in [0.15, 0.2) is 0 Å². The number of amides is 2. The van der Waals surface area contributed by atoms with Gasteiger partial charge in [0.25, 0.3) is 5.91 Å². The minimum atomic E-state index is -0.596. The Kier molecular flexibility index (Phi) is 5.97. The Bertz CT molecular complexity index is 1100. The summed E-state index contributed by atoms with van der Waals surface area (Å²) in [5.41, 5.74) is 2.36. The van der Waals surface area contributed by atoms with E-state index in [1.165, 1.54) is 19.2 Å². The Morgan fingerprint density at radius 1 is 1.19 bits per heavy atom. The molecular formula is C23H23FN4O3. The van der Waals surface area contributed by atoms with Crippen LogP contribution in [0.5, 0.6) is 0 Å². The molecular weight excluding hydrogens is 399 g/mol. The van der Waals surface area contributed by atoms with E-state index in [1.54, 1.807) is 41.4 Å². The molecule has 0 saturated carbocycles. The molecule has 1 aromatic heterocycles. The summed E-state index contributed by atoms with van der Waals surface area (Å²) in [6.07, 6.45) is 3.74. The van der Waals surface area contributed by atoms with E-state index in [1.807, 2.05) is 6.07 Å². The smallest absolute Gasteiger partial charge is 0.411 e. The Balaban J connectivity index is 1.58. The van der Waals surface area contributed by atoms with Crippen LogP contribution in [0.2, 0.25) is 0 Å². The van der Waals surface area contributed by atoms with E-state index in [9.17, 15) is 14.0 Å². The molecule has 1 aliphatic heterocycles. The van der Waals surface area contributed by atoms with Gasteiger partial charge in [-0.2, -0.15) is 0 Å². The lowest BCUT2D eigenvalue weighted by Crippen LogP contribution is -2.39. The predicted molar refractivity (Wildman–Crippen MR) is 114 cm³/mol. The Morgan fingerprint density at radius 3 is 2.84 bits per heavy atom. The van der Waals surface area contributed by atoms with Crippen molar-refractivity contribution in [2.24, 2.45) is 0 Å². The Morgan fingerprint density at radius 2 is 2.03 bits per heavy atom. The van der Waals surface area contributed by atoms with E-state index in [0.717, 1.165) is 19.3 Å². The van der Waals surface area contributed by atoms with E-state index in [0.29, 0.717) is 34.9 Å². The maximum Gasteiger partial charge on any atom is 0.411 e. The van der Waals surface area contributed by atoms with Crippen LogP contribution in [0, 0.1) is 5.82 Å². The third-order valence-electron chi connectivity index (χ3n) is 5.35. The molecule has 0 bridgehead atoms. The summed E-state index contributed by atoms with van der Waals surface area (Å²) in [4.78, 5) is 34.3. The van der Waals surface area contributed by atoms with Gasteiger partial charge in [-0.15, -0.1) is 0 Å². The highest BCUT2D eigenvalue weighted by molar-refractivity contribution is 5.96. The molecule has 0 aliphatic carbocycles. The third-order valence-corrected chi connectivity index (χ3v) is 5.35. The van der Waals surface area contributed by atoms with E-state index < -0.39 is 6.09 Å². The molecule has 2 amide bonds. The number of carbonyl (C=O) groups is 2. The van der Waals surface area contributed by atoms with Crippen LogP contribution in [0.1, 0.15) is 41.5 Å². The number of nitrogens with one attached hydrogen (secondary N) is 2. The SMILES string of the molecule is COC(=O)Nc1cccc(C(=O)N2CCCCC2c2ncc(-c3cccc(F)c3)[nH]2)c1. The quantitative estimate of drug-likeness (QED) is 0.635. The summed E-state index contributed by atoms with van der Waals surface area (Å²) in [6.45, 7) is 0.605. The number of likely N-dealkylation sites (tertiary alicyclic amines) is 1. The van der Waals surface area contributed by atoms with Crippen molar-refractivity contribution < 1.29 is 18.7 Å². The highest BCUT2D eigenvalue weighted by Crippen LogP contribution is 2.32. The monoisotopic (exact) mass is 422 g/mol. The first-order valence-electron chi connectivity index (χ1n) is 10.1. The number of aromatic amines is 1. The summed E-state index contributed by atoms with van der Waals surface area (Å²) in [5.74, 6) is 0.224. The van der Waals surface area contributed by atoms with Gasteiger partial charge in [0.05, 0.1) is 25.0 Å². The summed E-state index contributed by atoms with van der Waals surface area (Å²) < 4.78 is 18.2. The first-order valence-corrected chi connectivity index (χ1v) is 10.1. The fraction of sp³-hybridized carbons (Fsp3) is 0.261. The molecule has 1 saturated heterocycles. The number of hydrogen-bond donors (Lipinski definition) is 2. The standard InChI is InChI=1S/C23H23FN4O3/c1-31-23(30)26-18-9-5-7-16(13-18)22(29)28-11-3-2-10-20(28)21-25-14-19(27-21)15-6-4-8-17(24)12-15/h4-9,12-14,20H,2-3,10-11H2,1H3,(H,25,27)(H,26,30). The summed E-state index contributed by atoms with van der Waals surface area (Å²) in [5, 5.41) is 2.58. The van der Waals surface area contributed by atoms with Crippen molar-refractivity contribution in [1.82, 2.24) is 14.9 Å². The number of anilines is 1. The molecule has 1 atom stereocenters. The Labute approximate surface area is 179 Å². The van der Waals surface area contributed by atoms with Crippen LogP contribution in [0.15, 0.2) is 54.7 Å². The van der Waals surface area contributed by atoms with E-state index in [2.05, 4.69) is 20.0 Å². The van der Waals surface area contributed by atoms with Crippen molar-refractivity contribution in [3.8, 4) is 11.3 Å². The summed E-state index contributed by atoms with van der Waals surface area (Å²) in [6, 6.07) is 12.8. The van der Waals surface area contributed by atoms with Gasteiger partial charge >= 0.3 is 6.09 Å². The molecule has 1 fully saturated rings. The zero-order valence-corrected chi connectivity index (χ0v) is 17.1. The van der Waals surface area contributed by atoms with E-state index in [-0.39, 0.29) is 17.8 Å². The van der Waals surface area contributed by atoms with Crippen LogP contribution >= 0.6 is 0 Å². The number of carbonyl (C=O) groups excluding carboxylic acids is 2. The number of imidazole rings is 1. The van der Waals surface area contributed by atoms with Crippen molar-refractivity contribution in [2.75, 3.05) is 19.0 Å². The van der Waals surface area contributed by atoms with Gasteiger partial charge in [0, 0.05) is 23.4 Å². The molecule has 2 aromatic carbocycles. The van der Waals surface area contributed by atoms with Gasteiger partial charge in [-0.3, -0.25) is 10.1 Å². The number of benzene rings is 2. The number of rotatable bonds is 4. The van der Waals surface area contributed by atoms with Crippen molar-refractivity contribution in [2.45, 2.75) is 25.3 Å². The largest absolute Gasteiger partial charge is 0.453 e. The zero-order valence-electron chi connectivity index (χ0n) is 17.1. The first kappa shape index (κ1) is 20.6. The summed E-state index contributed by atoms with van der Waals surface area (Å²) >= 11 is 0. The number of H-pyrrole nitrogens is 1. The minimum Gasteiger partial charge on any atom is -0.453 e. The predicted octanol–water partition coefficient (Wildman–Crippen LogP) is 4.76. The number of methoxy groups -OCH3 is 1. The van der Waals surface area contributed by atoms with Crippen LogP contribution in [0.4, 0.5) is 14.9 Å². The number of halogens is 1. The molecule has 1 aliphatic rings. The molecule has 3 aromatic rings. The number of nitrogens with zero attached hydrogens (tertiary/aromatic N) is 2. The van der Waals surface area contributed by atoms with E-state index in [4.69, 9.17) is 0 Å². The van der Waals surface area contributed by atoms with Crippen LogP contribution < -0.4 is 5.32 Å². The van der Waals surface area contributed by atoms with Gasteiger partial charge in [-0.1, -0.05) is 18.2 Å². The molecule has 1 unspecified atom stereocenters.